The Morgan fingerprint density at radius 3 is 1.60 bits per heavy atom. The second-order valence-electron chi connectivity index (χ2n) is 14.2. The third-order valence-electron chi connectivity index (χ3n) is 10.1. The lowest BCUT2D eigenvalue weighted by atomic mass is 9.99. The zero-order valence-corrected chi connectivity index (χ0v) is 28.5. The fraction of sp³-hybridized carbons (Fsp3) is 0.919. The minimum absolute atomic E-state index is 0.00987. The number of ether oxygens (including phenoxy) is 3. The molecule has 0 aromatic rings. The van der Waals surface area contributed by atoms with Gasteiger partial charge in [-0.15, -0.1) is 0 Å². The van der Waals surface area contributed by atoms with E-state index in [-0.39, 0.29) is 48.7 Å². The maximum Gasteiger partial charge on any atom is 0.334 e. The lowest BCUT2D eigenvalue weighted by Crippen LogP contribution is -2.33. The Hall–Kier alpha value is -1.03. The average molecular weight is 639 g/mol. The zero-order valence-electron chi connectivity index (χ0n) is 28.5. The molecule has 3 heterocycles. The van der Waals surface area contributed by atoms with Gasteiger partial charge in [0.15, 0.2) is 0 Å². The lowest BCUT2D eigenvalue weighted by Gasteiger charge is -2.24. The van der Waals surface area contributed by atoms with Gasteiger partial charge in [-0.3, -0.25) is 0 Å². The van der Waals surface area contributed by atoms with Crippen molar-refractivity contribution in [2.45, 2.75) is 216 Å². The van der Waals surface area contributed by atoms with Gasteiger partial charge in [-0.1, -0.05) is 84.0 Å². The smallest absolute Gasteiger partial charge is 0.334 e. The van der Waals surface area contributed by atoms with Crippen LogP contribution in [0.15, 0.2) is 11.6 Å². The summed E-state index contributed by atoms with van der Waals surface area (Å²) in [4.78, 5) is 11.7. The van der Waals surface area contributed by atoms with Crippen molar-refractivity contribution in [3.05, 3.63) is 11.6 Å². The van der Waals surface area contributed by atoms with Gasteiger partial charge in [0.2, 0.25) is 0 Å². The van der Waals surface area contributed by atoms with E-state index in [0.29, 0.717) is 24.8 Å². The third-order valence-corrected chi connectivity index (χ3v) is 10.1. The number of aliphatic hydroxyl groups excluding tert-OH is 4. The topological polar surface area (TPSA) is 126 Å². The van der Waals surface area contributed by atoms with Crippen LogP contribution in [0.3, 0.4) is 0 Å². The molecular formula is C37H66O8. The van der Waals surface area contributed by atoms with Crippen molar-refractivity contribution < 1.29 is 39.4 Å². The first kappa shape index (κ1) is 38.4. The van der Waals surface area contributed by atoms with Gasteiger partial charge in [0.1, 0.15) is 6.10 Å². The molecule has 2 fully saturated rings. The molecule has 0 aromatic heterocycles. The average Bonchev–Trinajstić information content (AvgIpc) is 3.77. The quantitative estimate of drug-likeness (QED) is 0.0634. The van der Waals surface area contributed by atoms with E-state index < -0.39 is 12.2 Å². The lowest BCUT2D eigenvalue weighted by molar-refractivity contribution is -0.139. The Bertz CT molecular complexity index is 833. The molecule has 8 heteroatoms. The molecule has 0 aliphatic carbocycles. The fourth-order valence-electron chi connectivity index (χ4n) is 7.27. The Kier molecular flexibility index (Phi) is 18.6. The Labute approximate surface area is 273 Å². The Balaban J connectivity index is 1.14. The SMILES string of the molecule is CCCCC[C@H](O)CCCC[C@H](O)[C@@H]1CC[C@@H]([C@@H]2CC[C@@H]([C@@H](O)CCCCCCCCC[C@H](O)CCC3=C[C@H](C)OC3=O)O2)O1. The second-order valence-corrected chi connectivity index (χ2v) is 14.2. The van der Waals surface area contributed by atoms with Gasteiger partial charge in [-0.25, -0.2) is 4.79 Å². The summed E-state index contributed by atoms with van der Waals surface area (Å²) in [6.45, 7) is 4.03. The predicted octanol–water partition coefficient (Wildman–Crippen LogP) is 6.83. The number of cyclic esters (lactones) is 1. The summed E-state index contributed by atoms with van der Waals surface area (Å²) < 4.78 is 17.6. The van der Waals surface area contributed by atoms with Crippen LogP contribution in [0, 0.1) is 0 Å². The molecule has 4 N–H and O–H groups in total. The molecular weight excluding hydrogens is 572 g/mol. The summed E-state index contributed by atoms with van der Waals surface area (Å²) in [5, 5.41) is 41.8. The van der Waals surface area contributed by atoms with Crippen LogP contribution in [0.1, 0.15) is 162 Å². The molecule has 3 rings (SSSR count). The first-order valence-electron chi connectivity index (χ1n) is 18.7. The fourth-order valence-corrected chi connectivity index (χ4v) is 7.27. The summed E-state index contributed by atoms with van der Waals surface area (Å²) in [5.74, 6) is -0.237. The van der Waals surface area contributed by atoms with Gasteiger partial charge < -0.3 is 34.6 Å². The highest BCUT2D eigenvalue weighted by Gasteiger charge is 2.40. The van der Waals surface area contributed by atoms with E-state index >= 15 is 0 Å². The zero-order chi connectivity index (χ0) is 32.4. The predicted molar refractivity (Wildman–Crippen MR) is 177 cm³/mol. The minimum Gasteiger partial charge on any atom is -0.455 e. The highest BCUT2D eigenvalue weighted by Crippen LogP contribution is 2.34. The van der Waals surface area contributed by atoms with E-state index in [0.717, 1.165) is 109 Å². The van der Waals surface area contributed by atoms with E-state index in [9.17, 15) is 25.2 Å². The molecule has 0 unspecified atom stereocenters. The van der Waals surface area contributed by atoms with Gasteiger partial charge >= 0.3 is 5.97 Å². The molecule has 0 aromatic carbocycles. The molecule has 3 aliphatic rings. The maximum atomic E-state index is 11.7. The van der Waals surface area contributed by atoms with Crippen LogP contribution in [0.25, 0.3) is 0 Å². The van der Waals surface area contributed by atoms with Gasteiger partial charge in [0.25, 0.3) is 0 Å². The third kappa shape index (κ3) is 14.7. The monoisotopic (exact) mass is 638 g/mol. The van der Waals surface area contributed by atoms with Crippen LogP contribution in [0.2, 0.25) is 0 Å². The highest BCUT2D eigenvalue weighted by atomic mass is 16.6. The number of carbonyl (C=O) groups excluding carboxylic acids is 1. The van der Waals surface area contributed by atoms with Crippen LogP contribution in [0.5, 0.6) is 0 Å². The standard InChI is InChI=1S/C37H66O8/c1-3-4-10-15-29(38)17-13-14-19-32(41)34-23-25-36(45-34)35-24-22-33(44-35)31(40)18-12-9-7-5-6-8-11-16-30(39)21-20-28-26-27(2)43-37(28)42/h26-27,29-36,38-41H,3-25H2,1-2H3/t27-,29-,30-,31-,32-,33-,34-,35-,36-/m0/s1. The summed E-state index contributed by atoms with van der Waals surface area (Å²) in [6, 6.07) is 0. The Morgan fingerprint density at radius 2 is 1.09 bits per heavy atom. The number of esters is 1. The van der Waals surface area contributed by atoms with Crippen LogP contribution < -0.4 is 0 Å². The van der Waals surface area contributed by atoms with Crippen molar-refractivity contribution in [1.29, 1.82) is 0 Å². The second kappa shape index (κ2) is 21.8. The maximum absolute atomic E-state index is 11.7. The summed E-state index contributed by atoms with van der Waals surface area (Å²) in [6.07, 6.45) is 21.8. The number of unbranched alkanes of at least 4 members (excludes halogenated alkanes) is 9. The highest BCUT2D eigenvalue weighted by molar-refractivity contribution is 5.90. The van der Waals surface area contributed by atoms with Crippen molar-refractivity contribution >= 4 is 5.97 Å². The van der Waals surface area contributed by atoms with Crippen LogP contribution in [0.4, 0.5) is 0 Å². The number of aliphatic hydroxyl groups is 4. The van der Waals surface area contributed by atoms with Crippen LogP contribution >= 0.6 is 0 Å². The summed E-state index contributed by atoms with van der Waals surface area (Å²) >= 11 is 0. The van der Waals surface area contributed by atoms with Gasteiger partial charge in [0, 0.05) is 5.57 Å². The number of carbonyl (C=O) groups is 1. The molecule has 0 bridgehead atoms. The molecule has 9 atom stereocenters. The van der Waals surface area contributed by atoms with Crippen LogP contribution in [-0.2, 0) is 19.0 Å². The number of hydrogen-bond acceptors (Lipinski definition) is 8. The molecule has 0 amide bonds. The molecule has 2 saturated heterocycles. The van der Waals surface area contributed by atoms with Crippen molar-refractivity contribution in [2.75, 3.05) is 0 Å². The van der Waals surface area contributed by atoms with Gasteiger partial charge in [-0.2, -0.15) is 0 Å². The molecule has 0 radical (unpaired) electrons. The van der Waals surface area contributed by atoms with Crippen LogP contribution in [-0.4, -0.2) is 81.3 Å². The number of hydrogen-bond donors (Lipinski definition) is 4. The molecule has 8 nitrogen and oxygen atoms in total. The van der Waals surface area contributed by atoms with E-state index in [2.05, 4.69) is 6.92 Å². The van der Waals surface area contributed by atoms with Crippen molar-refractivity contribution in [2.24, 2.45) is 0 Å². The molecule has 3 aliphatic heterocycles. The molecule has 0 saturated carbocycles. The molecule has 262 valence electrons. The first-order chi connectivity index (χ1) is 21.8. The summed E-state index contributed by atoms with van der Waals surface area (Å²) in [7, 11) is 0. The van der Waals surface area contributed by atoms with E-state index in [1.54, 1.807) is 0 Å². The first-order valence-corrected chi connectivity index (χ1v) is 18.7. The number of rotatable bonds is 25. The molecule has 45 heavy (non-hydrogen) atoms. The normalized spacial score (nSPS) is 27.8. The van der Waals surface area contributed by atoms with Crippen molar-refractivity contribution in [3.63, 3.8) is 0 Å². The minimum atomic E-state index is -0.459. The molecule has 0 spiro atoms. The summed E-state index contributed by atoms with van der Waals surface area (Å²) in [5.41, 5.74) is 0.700. The van der Waals surface area contributed by atoms with Crippen molar-refractivity contribution in [1.82, 2.24) is 0 Å². The van der Waals surface area contributed by atoms with Gasteiger partial charge in [-0.05, 0) is 83.6 Å². The van der Waals surface area contributed by atoms with E-state index in [1.165, 1.54) is 19.3 Å². The Morgan fingerprint density at radius 1 is 0.644 bits per heavy atom. The largest absolute Gasteiger partial charge is 0.455 e. The van der Waals surface area contributed by atoms with Gasteiger partial charge in [0.05, 0.1) is 48.8 Å². The van der Waals surface area contributed by atoms with E-state index in [4.69, 9.17) is 14.2 Å². The van der Waals surface area contributed by atoms with E-state index in [1.807, 2.05) is 13.0 Å². The van der Waals surface area contributed by atoms with Crippen molar-refractivity contribution in [3.8, 4) is 0 Å².